The van der Waals surface area contributed by atoms with Crippen LogP contribution in [-0.4, -0.2) is 45.2 Å². The van der Waals surface area contributed by atoms with Gasteiger partial charge in [0.25, 0.3) is 0 Å². The number of pyridine rings is 1. The summed E-state index contributed by atoms with van der Waals surface area (Å²) in [6, 6.07) is 16.7. The third kappa shape index (κ3) is 3.55. The van der Waals surface area contributed by atoms with Crippen LogP contribution in [0.25, 0.3) is 5.65 Å². The zero-order valence-corrected chi connectivity index (χ0v) is 17.3. The third-order valence-corrected chi connectivity index (χ3v) is 7.01. The van der Waals surface area contributed by atoms with Gasteiger partial charge in [0.15, 0.2) is 5.65 Å². The molecule has 2 aromatic heterocycles. The van der Waals surface area contributed by atoms with Crippen LogP contribution in [0.5, 0.6) is 0 Å². The van der Waals surface area contributed by atoms with Crippen molar-refractivity contribution in [2.45, 2.75) is 49.9 Å². The van der Waals surface area contributed by atoms with E-state index in [9.17, 15) is 4.79 Å². The fourth-order valence-corrected chi connectivity index (χ4v) is 5.25. The Labute approximate surface area is 177 Å². The van der Waals surface area contributed by atoms with Crippen molar-refractivity contribution in [3.8, 4) is 0 Å². The first-order valence-electron chi connectivity index (χ1n) is 11.1. The van der Waals surface area contributed by atoms with Gasteiger partial charge in [-0.1, -0.05) is 49.2 Å². The molecule has 0 atom stereocenters. The molecule has 156 valence electrons. The van der Waals surface area contributed by atoms with Gasteiger partial charge in [-0.3, -0.25) is 4.40 Å². The second kappa shape index (κ2) is 8.09. The number of nitrogens with zero attached hydrogens (tertiary/aromatic N) is 4. The number of urea groups is 1. The maximum atomic E-state index is 12.9. The number of rotatable bonds is 4. The molecule has 1 aromatic carbocycles. The molecule has 6 heteroatoms. The van der Waals surface area contributed by atoms with E-state index in [0.717, 1.165) is 56.8 Å². The molecule has 0 spiro atoms. The Kier molecular flexibility index (Phi) is 5.15. The molecular weight excluding hydrogens is 374 g/mol. The second-order valence-electron chi connectivity index (χ2n) is 8.76. The number of aromatic nitrogens is 3. The minimum Gasteiger partial charge on any atom is -0.337 e. The van der Waals surface area contributed by atoms with Crippen LogP contribution in [0.4, 0.5) is 4.79 Å². The number of likely N-dealkylation sites (tertiary alicyclic amines) is 1. The van der Waals surface area contributed by atoms with Crippen molar-refractivity contribution in [2.24, 2.45) is 0 Å². The predicted molar refractivity (Wildman–Crippen MR) is 117 cm³/mol. The maximum absolute atomic E-state index is 12.9. The van der Waals surface area contributed by atoms with Crippen LogP contribution < -0.4 is 5.32 Å². The molecule has 30 heavy (non-hydrogen) atoms. The summed E-state index contributed by atoms with van der Waals surface area (Å²) < 4.78 is 2.07. The van der Waals surface area contributed by atoms with E-state index in [-0.39, 0.29) is 11.4 Å². The molecule has 0 unspecified atom stereocenters. The van der Waals surface area contributed by atoms with Gasteiger partial charge in [-0.2, -0.15) is 0 Å². The van der Waals surface area contributed by atoms with Crippen molar-refractivity contribution in [3.63, 3.8) is 0 Å². The van der Waals surface area contributed by atoms with E-state index >= 15 is 0 Å². The Hall–Kier alpha value is -2.89. The van der Waals surface area contributed by atoms with Gasteiger partial charge >= 0.3 is 6.03 Å². The van der Waals surface area contributed by atoms with E-state index in [1.807, 2.05) is 29.3 Å². The summed E-state index contributed by atoms with van der Waals surface area (Å²) >= 11 is 0. The van der Waals surface area contributed by atoms with Crippen molar-refractivity contribution in [3.05, 3.63) is 66.1 Å². The minimum atomic E-state index is 0.0711. The molecule has 2 aliphatic rings. The molecule has 0 radical (unpaired) electrons. The lowest BCUT2D eigenvalue weighted by Gasteiger charge is -2.34. The zero-order valence-electron chi connectivity index (χ0n) is 17.3. The van der Waals surface area contributed by atoms with Crippen LogP contribution in [0.1, 0.15) is 55.8 Å². The van der Waals surface area contributed by atoms with Gasteiger partial charge in [0.05, 0.1) is 0 Å². The van der Waals surface area contributed by atoms with Crippen LogP contribution in [0.15, 0.2) is 54.7 Å². The molecule has 0 bridgehead atoms. The lowest BCUT2D eigenvalue weighted by molar-refractivity contribution is 0.177. The zero-order chi connectivity index (χ0) is 20.4. The second-order valence-corrected chi connectivity index (χ2v) is 8.76. The van der Waals surface area contributed by atoms with Gasteiger partial charge in [0, 0.05) is 37.2 Å². The number of carbonyl (C=O) groups is 1. The molecule has 1 saturated heterocycles. The Balaban J connectivity index is 1.20. The molecular formula is C24H29N5O. The number of nitrogens with one attached hydrogen (secondary N) is 1. The molecule has 2 amide bonds. The van der Waals surface area contributed by atoms with Crippen LogP contribution in [0.3, 0.4) is 0 Å². The molecule has 1 N–H and O–H groups in total. The van der Waals surface area contributed by atoms with E-state index in [0.29, 0.717) is 5.92 Å². The number of hydrogen-bond donors (Lipinski definition) is 1. The predicted octanol–water partition coefficient (Wildman–Crippen LogP) is 4.13. The Morgan fingerprint density at radius 1 is 1.00 bits per heavy atom. The van der Waals surface area contributed by atoms with Gasteiger partial charge in [0.2, 0.25) is 0 Å². The van der Waals surface area contributed by atoms with Crippen molar-refractivity contribution >= 4 is 11.7 Å². The van der Waals surface area contributed by atoms with E-state index in [1.165, 1.54) is 18.4 Å². The van der Waals surface area contributed by atoms with Gasteiger partial charge < -0.3 is 10.2 Å². The Bertz CT molecular complexity index is 1000. The van der Waals surface area contributed by atoms with E-state index in [2.05, 4.69) is 50.2 Å². The van der Waals surface area contributed by atoms with Crippen molar-refractivity contribution in [1.82, 2.24) is 24.8 Å². The van der Waals surface area contributed by atoms with Gasteiger partial charge in [-0.25, -0.2) is 4.79 Å². The van der Waals surface area contributed by atoms with Crippen LogP contribution in [-0.2, 0) is 5.41 Å². The van der Waals surface area contributed by atoms with Crippen LogP contribution >= 0.6 is 0 Å². The SMILES string of the molecule is O=C(NCC1(c2ccccc2)CCCC1)N1CCC(c2nnc3ccccn23)CC1. The largest absolute Gasteiger partial charge is 0.337 e. The highest BCUT2D eigenvalue weighted by Crippen LogP contribution is 2.40. The summed E-state index contributed by atoms with van der Waals surface area (Å²) in [7, 11) is 0. The number of piperidine rings is 1. The number of benzene rings is 1. The summed E-state index contributed by atoms with van der Waals surface area (Å²) in [5.74, 6) is 1.36. The first-order chi connectivity index (χ1) is 14.8. The molecule has 3 heterocycles. The maximum Gasteiger partial charge on any atom is 0.317 e. The number of hydrogen-bond acceptors (Lipinski definition) is 3. The molecule has 5 rings (SSSR count). The average Bonchev–Trinajstić information content (AvgIpc) is 3.46. The van der Waals surface area contributed by atoms with Crippen molar-refractivity contribution in [1.29, 1.82) is 0 Å². The average molecular weight is 404 g/mol. The first kappa shape index (κ1) is 19.1. The summed E-state index contributed by atoms with van der Waals surface area (Å²) in [6.07, 6.45) is 8.65. The number of fused-ring (bicyclic) bond motifs is 1. The van der Waals surface area contributed by atoms with E-state index in [1.54, 1.807) is 0 Å². The van der Waals surface area contributed by atoms with Crippen LogP contribution in [0, 0.1) is 0 Å². The molecule has 1 saturated carbocycles. The quantitative estimate of drug-likeness (QED) is 0.712. The summed E-state index contributed by atoms with van der Waals surface area (Å²) in [5.41, 5.74) is 2.34. The molecule has 1 aliphatic heterocycles. The fraction of sp³-hybridized carbons (Fsp3) is 0.458. The molecule has 3 aromatic rings. The first-order valence-corrected chi connectivity index (χ1v) is 11.1. The highest BCUT2D eigenvalue weighted by molar-refractivity contribution is 5.74. The van der Waals surface area contributed by atoms with Crippen LogP contribution in [0.2, 0.25) is 0 Å². The lowest BCUT2D eigenvalue weighted by atomic mass is 9.79. The monoisotopic (exact) mass is 403 g/mol. The number of carbonyl (C=O) groups excluding carboxylic acids is 1. The van der Waals surface area contributed by atoms with Gasteiger partial charge in [-0.15, -0.1) is 10.2 Å². The normalized spacial score (nSPS) is 19.3. The van der Waals surface area contributed by atoms with Gasteiger partial charge in [0.1, 0.15) is 5.82 Å². The summed E-state index contributed by atoms with van der Waals surface area (Å²) in [6.45, 7) is 2.25. The minimum absolute atomic E-state index is 0.0711. The fourth-order valence-electron chi connectivity index (χ4n) is 5.25. The smallest absolute Gasteiger partial charge is 0.317 e. The van der Waals surface area contributed by atoms with Crippen molar-refractivity contribution in [2.75, 3.05) is 19.6 Å². The van der Waals surface area contributed by atoms with Crippen molar-refractivity contribution < 1.29 is 4.79 Å². The van der Waals surface area contributed by atoms with E-state index < -0.39 is 0 Å². The summed E-state index contributed by atoms with van der Waals surface area (Å²) in [5, 5.41) is 12.0. The molecule has 2 fully saturated rings. The van der Waals surface area contributed by atoms with Gasteiger partial charge in [-0.05, 0) is 43.4 Å². The molecule has 6 nitrogen and oxygen atoms in total. The Morgan fingerprint density at radius 2 is 1.73 bits per heavy atom. The Morgan fingerprint density at radius 3 is 2.50 bits per heavy atom. The third-order valence-electron chi connectivity index (χ3n) is 7.01. The standard InChI is InChI=1S/C24H29N5O/c30-23(25-18-24(13-5-6-14-24)20-8-2-1-3-9-20)28-16-11-19(12-17-28)22-27-26-21-10-4-7-15-29(21)22/h1-4,7-10,15,19H,5-6,11-14,16-18H2,(H,25,30). The molecule has 1 aliphatic carbocycles. The topological polar surface area (TPSA) is 62.5 Å². The lowest BCUT2D eigenvalue weighted by Crippen LogP contribution is -2.48. The summed E-state index contributed by atoms with van der Waals surface area (Å²) in [4.78, 5) is 14.9. The van der Waals surface area contributed by atoms with E-state index in [4.69, 9.17) is 0 Å². The highest BCUT2D eigenvalue weighted by atomic mass is 16.2. The number of amides is 2. The highest BCUT2D eigenvalue weighted by Gasteiger charge is 2.36.